The SMILES string of the molecule is CCCCC/C(=N/NC(=O)C1[C@H]2CCCC[C@H]12)c1ccccc1. The maximum atomic E-state index is 12.4. The van der Waals surface area contributed by atoms with Gasteiger partial charge in [0.05, 0.1) is 5.71 Å². The van der Waals surface area contributed by atoms with E-state index in [-0.39, 0.29) is 11.8 Å². The first kappa shape index (κ1) is 16.2. The van der Waals surface area contributed by atoms with Crippen LogP contribution in [0.3, 0.4) is 0 Å². The van der Waals surface area contributed by atoms with E-state index >= 15 is 0 Å². The van der Waals surface area contributed by atoms with E-state index in [1.54, 1.807) is 0 Å². The second-order valence-corrected chi connectivity index (χ2v) is 7.00. The number of carbonyl (C=O) groups is 1. The first-order chi connectivity index (χ1) is 11.3. The second kappa shape index (κ2) is 7.76. The Morgan fingerprint density at radius 2 is 1.83 bits per heavy atom. The third-order valence-corrected chi connectivity index (χ3v) is 5.38. The predicted molar refractivity (Wildman–Crippen MR) is 94.2 cm³/mol. The van der Waals surface area contributed by atoms with Gasteiger partial charge in [-0.15, -0.1) is 0 Å². The molecule has 0 unspecified atom stereocenters. The van der Waals surface area contributed by atoms with Crippen LogP contribution in [0, 0.1) is 17.8 Å². The van der Waals surface area contributed by atoms with Gasteiger partial charge in [0.15, 0.2) is 0 Å². The highest BCUT2D eigenvalue weighted by atomic mass is 16.2. The van der Waals surface area contributed by atoms with Crippen molar-refractivity contribution in [1.29, 1.82) is 0 Å². The van der Waals surface area contributed by atoms with Gasteiger partial charge in [0.25, 0.3) is 0 Å². The summed E-state index contributed by atoms with van der Waals surface area (Å²) in [5.41, 5.74) is 5.01. The van der Waals surface area contributed by atoms with E-state index in [1.807, 2.05) is 18.2 Å². The summed E-state index contributed by atoms with van der Waals surface area (Å²) in [6, 6.07) is 10.2. The lowest BCUT2D eigenvalue weighted by Gasteiger charge is -2.07. The van der Waals surface area contributed by atoms with Crippen LogP contribution >= 0.6 is 0 Å². The van der Waals surface area contributed by atoms with Crippen LogP contribution in [-0.4, -0.2) is 11.6 Å². The molecule has 2 aliphatic rings. The molecule has 1 aromatic rings. The highest BCUT2D eigenvalue weighted by molar-refractivity contribution is 6.01. The minimum atomic E-state index is 0.144. The molecule has 0 aromatic heterocycles. The van der Waals surface area contributed by atoms with Gasteiger partial charge in [0, 0.05) is 5.92 Å². The molecule has 0 radical (unpaired) electrons. The average Bonchev–Trinajstić information content (AvgIpc) is 3.33. The lowest BCUT2D eigenvalue weighted by molar-refractivity contribution is -0.122. The Balaban J connectivity index is 1.62. The topological polar surface area (TPSA) is 41.5 Å². The van der Waals surface area contributed by atoms with Crippen LogP contribution in [0.15, 0.2) is 35.4 Å². The fourth-order valence-electron chi connectivity index (χ4n) is 4.02. The average molecular weight is 312 g/mol. The smallest absolute Gasteiger partial charge is 0.243 e. The molecule has 1 N–H and O–H groups in total. The van der Waals surface area contributed by atoms with Crippen molar-refractivity contribution >= 4 is 11.6 Å². The molecule has 2 aliphatic carbocycles. The molecule has 2 fully saturated rings. The summed E-state index contributed by atoms with van der Waals surface area (Å²) in [7, 11) is 0. The zero-order valence-corrected chi connectivity index (χ0v) is 14.1. The lowest BCUT2D eigenvalue weighted by atomic mass is 10.0. The minimum Gasteiger partial charge on any atom is -0.273 e. The number of benzene rings is 1. The Morgan fingerprint density at radius 1 is 1.13 bits per heavy atom. The lowest BCUT2D eigenvalue weighted by Crippen LogP contribution is -2.23. The standard InChI is InChI=1S/C20H28N2O/c1-2-3-5-14-18(15-10-6-4-7-11-15)21-22-20(23)19-16-12-8-9-13-17(16)19/h4,6-7,10-11,16-17,19H,2-3,5,8-9,12-14H2,1H3,(H,22,23)/b21-18-/t16-,17-/m0/s1. The Labute approximate surface area is 139 Å². The first-order valence-corrected chi connectivity index (χ1v) is 9.23. The molecule has 3 nitrogen and oxygen atoms in total. The van der Waals surface area contributed by atoms with E-state index in [4.69, 9.17) is 0 Å². The number of rotatable bonds is 7. The number of fused-ring (bicyclic) bond motifs is 1. The molecule has 3 rings (SSSR count). The summed E-state index contributed by atoms with van der Waals surface area (Å²) < 4.78 is 0. The number of nitrogens with one attached hydrogen (secondary N) is 1. The maximum absolute atomic E-state index is 12.4. The normalized spacial score (nSPS) is 26.5. The van der Waals surface area contributed by atoms with Gasteiger partial charge in [-0.25, -0.2) is 5.43 Å². The van der Waals surface area contributed by atoms with Crippen molar-refractivity contribution in [2.75, 3.05) is 0 Å². The van der Waals surface area contributed by atoms with Crippen molar-refractivity contribution < 1.29 is 4.79 Å². The van der Waals surface area contributed by atoms with Crippen molar-refractivity contribution in [3.05, 3.63) is 35.9 Å². The van der Waals surface area contributed by atoms with Gasteiger partial charge in [-0.3, -0.25) is 4.79 Å². The summed E-state index contributed by atoms with van der Waals surface area (Å²) in [6.45, 7) is 2.20. The van der Waals surface area contributed by atoms with Crippen LogP contribution in [0.25, 0.3) is 0 Å². The maximum Gasteiger partial charge on any atom is 0.243 e. The molecule has 3 heteroatoms. The molecule has 23 heavy (non-hydrogen) atoms. The molecule has 0 bridgehead atoms. The summed E-state index contributed by atoms with van der Waals surface area (Å²) in [5, 5.41) is 4.50. The van der Waals surface area contributed by atoms with Gasteiger partial charge in [-0.05, 0) is 43.1 Å². The van der Waals surface area contributed by atoms with Crippen LogP contribution in [-0.2, 0) is 4.79 Å². The Morgan fingerprint density at radius 3 is 2.48 bits per heavy atom. The van der Waals surface area contributed by atoms with E-state index in [0.29, 0.717) is 11.8 Å². The molecule has 2 atom stereocenters. The molecular formula is C20H28N2O. The largest absolute Gasteiger partial charge is 0.273 e. The van der Waals surface area contributed by atoms with Crippen molar-refractivity contribution in [3.63, 3.8) is 0 Å². The Kier molecular flexibility index (Phi) is 5.47. The van der Waals surface area contributed by atoms with Crippen molar-refractivity contribution in [3.8, 4) is 0 Å². The van der Waals surface area contributed by atoms with Gasteiger partial charge in [0.1, 0.15) is 0 Å². The highest BCUT2D eigenvalue weighted by Gasteiger charge is 2.54. The third-order valence-electron chi connectivity index (χ3n) is 5.38. The quantitative estimate of drug-likeness (QED) is 0.449. The van der Waals surface area contributed by atoms with Gasteiger partial charge >= 0.3 is 0 Å². The van der Waals surface area contributed by atoms with Crippen LogP contribution in [0.2, 0.25) is 0 Å². The highest BCUT2D eigenvalue weighted by Crippen LogP contribution is 2.55. The second-order valence-electron chi connectivity index (χ2n) is 7.00. The molecule has 0 heterocycles. The summed E-state index contributed by atoms with van der Waals surface area (Å²) >= 11 is 0. The number of hydrogen-bond donors (Lipinski definition) is 1. The van der Waals surface area contributed by atoms with E-state index < -0.39 is 0 Å². The number of nitrogens with zero attached hydrogens (tertiary/aromatic N) is 1. The molecule has 124 valence electrons. The molecule has 0 spiro atoms. The molecular weight excluding hydrogens is 284 g/mol. The number of unbranched alkanes of at least 4 members (excludes halogenated alkanes) is 2. The number of hydrazone groups is 1. The molecule has 1 aromatic carbocycles. The van der Waals surface area contributed by atoms with Crippen molar-refractivity contribution in [1.82, 2.24) is 5.43 Å². The summed E-state index contributed by atoms with van der Waals surface area (Å²) in [6.07, 6.45) is 9.49. The van der Waals surface area contributed by atoms with Crippen LogP contribution in [0.4, 0.5) is 0 Å². The van der Waals surface area contributed by atoms with Gasteiger partial charge in [0.2, 0.25) is 5.91 Å². The molecule has 0 saturated heterocycles. The third kappa shape index (κ3) is 4.01. The number of amides is 1. The zero-order chi connectivity index (χ0) is 16.1. The van der Waals surface area contributed by atoms with E-state index in [0.717, 1.165) is 24.1 Å². The first-order valence-electron chi connectivity index (χ1n) is 9.23. The molecule has 1 amide bonds. The Bertz CT molecular complexity index is 540. The summed E-state index contributed by atoms with van der Waals surface area (Å²) in [4.78, 5) is 12.4. The summed E-state index contributed by atoms with van der Waals surface area (Å²) in [5.74, 6) is 1.65. The fraction of sp³-hybridized carbons (Fsp3) is 0.600. The number of carbonyl (C=O) groups excluding carboxylic acids is 1. The van der Waals surface area contributed by atoms with E-state index in [2.05, 4.69) is 29.6 Å². The van der Waals surface area contributed by atoms with Gasteiger partial charge in [-0.1, -0.05) is 62.9 Å². The van der Waals surface area contributed by atoms with Gasteiger partial charge in [-0.2, -0.15) is 5.10 Å². The van der Waals surface area contributed by atoms with Gasteiger partial charge < -0.3 is 0 Å². The molecule has 0 aliphatic heterocycles. The Hall–Kier alpha value is -1.64. The van der Waals surface area contributed by atoms with Crippen LogP contribution < -0.4 is 5.43 Å². The predicted octanol–water partition coefficient (Wildman–Crippen LogP) is 4.52. The van der Waals surface area contributed by atoms with E-state index in [1.165, 1.54) is 38.5 Å². The minimum absolute atomic E-state index is 0.144. The van der Waals surface area contributed by atoms with Crippen molar-refractivity contribution in [2.24, 2.45) is 22.9 Å². The molecule has 2 saturated carbocycles. The fourth-order valence-corrected chi connectivity index (χ4v) is 4.02. The van der Waals surface area contributed by atoms with Crippen molar-refractivity contribution in [2.45, 2.75) is 58.3 Å². The van der Waals surface area contributed by atoms with Crippen LogP contribution in [0.5, 0.6) is 0 Å². The van der Waals surface area contributed by atoms with E-state index in [9.17, 15) is 4.79 Å². The van der Waals surface area contributed by atoms with Crippen LogP contribution in [0.1, 0.15) is 63.9 Å². The zero-order valence-electron chi connectivity index (χ0n) is 14.1. The monoisotopic (exact) mass is 312 g/mol. The number of hydrogen-bond acceptors (Lipinski definition) is 2.